The molecule has 1 atom stereocenters. The number of nitrogen functional groups attached to an aromatic ring is 1. The summed E-state index contributed by atoms with van der Waals surface area (Å²) in [6, 6.07) is 8.73. The Morgan fingerprint density at radius 3 is 2.82 bits per heavy atom. The molecule has 1 aliphatic rings. The molecule has 146 valence electrons. The summed E-state index contributed by atoms with van der Waals surface area (Å²) in [6.45, 7) is 2.05. The third-order valence-corrected chi connectivity index (χ3v) is 4.51. The third kappa shape index (κ3) is 4.60. The molecule has 0 aliphatic heterocycles. The van der Waals surface area contributed by atoms with Crippen LogP contribution in [0.3, 0.4) is 0 Å². The Morgan fingerprint density at radius 2 is 2.07 bits per heavy atom. The molecule has 0 spiro atoms. The van der Waals surface area contributed by atoms with Gasteiger partial charge in [0.1, 0.15) is 0 Å². The van der Waals surface area contributed by atoms with E-state index in [0.29, 0.717) is 23.4 Å². The van der Waals surface area contributed by atoms with Gasteiger partial charge in [-0.25, -0.2) is 0 Å². The van der Waals surface area contributed by atoms with Crippen LogP contribution in [0, 0.1) is 12.8 Å². The number of benzene rings is 1. The molecule has 0 saturated heterocycles. The predicted octanol–water partition coefficient (Wildman–Crippen LogP) is 4.43. The van der Waals surface area contributed by atoms with Crippen LogP contribution in [0.2, 0.25) is 0 Å². The first kappa shape index (κ1) is 19.7. The molecule has 28 heavy (non-hydrogen) atoms. The SMILES string of the molecule is Cc1ccc(N)c(-c2cc(C(=O)NCC3C=C(C(F)(F)F)C=CC3)ccn2)c1. The number of allylic oxidation sites excluding steroid dienone is 3. The number of aromatic nitrogens is 1. The van der Waals surface area contributed by atoms with Crippen LogP contribution in [-0.2, 0) is 0 Å². The van der Waals surface area contributed by atoms with Crippen molar-refractivity contribution in [3.8, 4) is 11.3 Å². The minimum absolute atomic E-state index is 0.118. The van der Waals surface area contributed by atoms with Crippen molar-refractivity contribution in [1.29, 1.82) is 0 Å². The summed E-state index contributed by atoms with van der Waals surface area (Å²) in [5, 5.41) is 2.70. The van der Waals surface area contributed by atoms with Gasteiger partial charge in [0.05, 0.1) is 11.3 Å². The molecule has 0 radical (unpaired) electrons. The van der Waals surface area contributed by atoms with E-state index < -0.39 is 17.7 Å². The molecule has 1 heterocycles. The van der Waals surface area contributed by atoms with E-state index in [2.05, 4.69) is 10.3 Å². The molecule has 0 fully saturated rings. The lowest BCUT2D eigenvalue weighted by molar-refractivity contribution is -0.0889. The lowest BCUT2D eigenvalue weighted by Gasteiger charge is -2.19. The van der Waals surface area contributed by atoms with Crippen LogP contribution in [0.4, 0.5) is 18.9 Å². The number of nitrogens with one attached hydrogen (secondary N) is 1. The van der Waals surface area contributed by atoms with Gasteiger partial charge in [0.25, 0.3) is 5.91 Å². The lowest BCUT2D eigenvalue weighted by atomic mass is 9.95. The summed E-state index contributed by atoms with van der Waals surface area (Å²) in [6.07, 6.45) is 1.28. The van der Waals surface area contributed by atoms with Crippen molar-refractivity contribution >= 4 is 11.6 Å². The quantitative estimate of drug-likeness (QED) is 0.763. The molecule has 1 amide bonds. The molecule has 3 rings (SSSR count). The van der Waals surface area contributed by atoms with Gasteiger partial charge < -0.3 is 11.1 Å². The Hall–Kier alpha value is -3.09. The maximum Gasteiger partial charge on any atom is 0.416 e. The van der Waals surface area contributed by atoms with E-state index in [1.807, 2.05) is 19.1 Å². The Balaban J connectivity index is 1.71. The monoisotopic (exact) mass is 387 g/mol. The van der Waals surface area contributed by atoms with E-state index >= 15 is 0 Å². The van der Waals surface area contributed by atoms with Gasteiger partial charge in [0.15, 0.2) is 0 Å². The normalized spacial score (nSPS) is 16.6. The molecule has 7 heteroatoms. The number of carbonyl (C=O) groups is 1. The van der Waals surface area contributed by atoms with Gasteiger partial charge in [-0.1, -0.05) is 29.9 Å². The number of nitrogens with zero attached hydrogens (tertiary/aromatic N) is 1. The fraction of sp³-hybridized carbons (Fsp3) is 0.238. The van der Waals surface area contributed by atoms with E-state index in [4.69, 9.17) is 5.73 Å². The van der Waals surface area contributed by atoms with Gasteiger partial charge in [-0.15, -0.1) is 0 Å². The zero-order valence-electron chi connectivity index (χ0n) is 15.3. The van der Waals surface area contributed by atoms with Gasteiger partial charge in [0, 0.05) is 29.6 Å². The van der Waals surface area contributed by atoms with E-state index in [9.17, 15) is 18.0 Å². The molecule has 3 N–H and O–H groups in total. The van der Waals surface area contributed by atoms with Crippen LogP contribution in [-0.4, -0.2) is 23.6 Å². The zero-order valence-corrected chi connectivity index (χ0v) is 15.3. The maximum absolute atomic E-state index is 12.8. The number of rotatable bonds is 4. The van der Waals surface area contributed by atoms with E-state index in [1.54, 1.807) is 18.2 Å². The highest BCUT2D eigenvalue weighted by Gasteiger charge is 2.33. The number of amides is 1. The number of alkyl halides is 3. The number of anilines is 1. The second-order valence-electron chi connectivity index (χ2n) is 6.75. The van der Waals surface area contributed by atoms with Crippen molar-refractivity contribution in [2.24, 2.45) is 5.92 Å². The van der Waals surface area contributed by atoms with Crippen molar-refractivity contribution in [3.05, 3.63) is 71.5 Å². The molecule has 1 aliphatic carbocycles. The number of hydrogen-bond acceptors (Lipinski definition) is 3. The van der Waals surface area contributed by atoms with Gasteiger partial charge in [-0.2, -0.15) is 13.2 Å². The van der Waals surface area contributed by atoms with Crippen molar-refractivity contribution in [2.75, 3.05) is 12.3 Å². The molecule has 0 saturated carbocycles. The van der Waals surface area contributed by atoms with E-state index in [0.717, 1.165) is 23.3 Å². The van der Waals surface area contributed by atoms with Crippen molar-refractivity contribution in [3.63, 3.8) is 0 Å². The number of hydrogen-bond donors (Lipinski definition) is 2. The second-order valence-corrected chi connectivity index (χ2v) is 6.75. The summed E-state index contributed by atoms with van der Waals surface area (Å²) >= 11 is 0. The van der Waals surface area contributed by atoms with Crippen LogP contribution in [0.15, 0.2) is 60.3 Å². The van der Waals surface area contributed by atoms with Crippen LogP contribution < -0.4 is 11.1 Å². The first-order valence-corrected chi connectivity index (χ1v) is 8.80. The van der Waals surface area contributed by atoms with Gasteiger partial charge in [-0.05, 0) is 43.5 Å². The maximum atomic E-state index is 12.8. The van der Waals surface area contributed by atoms with Crippen LogP contribution in [0.1, 0.15) is 22.3 Å². The highest BCUT2D eigenvalue weighted by atomic mass is 19.4. The minimum Gasteiger partial charge on any atom is -0.398 e. The molecular weight excluding hydrogens is 367 g/mol. The summed E-state index contributed by atoms with van der Waals surface area (Å²) in [4.78, 5) is 16.7. The summed E-state index contributed by atoms with van der Waals surface area (Å²) in [5.41, 5.74) is 8.55. The number of carbonyl (C=O) groups excluding carboxylic acids is 1. The molecule has 4 nitrogen and oxygen atoms in total. The zero-order chi connectivity index (χ0) is 20.3. The standard InChI is InChI=1S/C21H20F3N3O/c1-13-5-6-18(25)17(9-13)19-11-15(7-8-26-19)20(28)27-12-14-3-2-4-16(10-14)21(22,23)24/h2,4-11,14H,3,12,25H2,1H3,(H,27,28). The highest BCUT2D eigenvalue weighted by molar-refractivity contribution is 5.95. The molecule has 1 unspecified atom stereocenters. The first-order chi connectivity index (χ1) is 13.2. The van der Waals surface area contributed by atoms with Gasteiger partial charge >= 0.3 is 6.18 Å². The molecular formula is C21H20F3N3O. The van der Waals surface area contributed by atoms with Crippen LogP contribution in [0.5, 0.6) is 0 Å². The topological polar surface area (TPSA) is 68.0 Å². The fourth-order valence-electron chi connectivity index (χ4n) is 3.02. The van der Waals surface area contributed by atoms with Crippen molar-refractivity contribution in [2.45, 2.75) is 19.5 Å². The lowest BCUT2D eigenvalue weighted by Crippen LogP contribution is -2.29. The molecule has 1 aromatic heterocycles. The van der Waals surface area contributed by atoms with E-state index in [1.165, 1.54) is 12.3 Å². The summed E-state index contributed by atoms with van der Waals surface area (Å²) in [5.74, 6) is -0.773. The Bertz CT molecular complexity index is 948. The average Bonchev–Trinajstić information content (AvgIpc) is 2.67. The Labute approximate surface area is 161 Å². The summed E-state index contributed by atoms with van der Waals surface area (Å²) in [7, 11) is 0. The Morgan fingerprint density at radius 1 is 1.29 bits per heavy atom. The first-order valence-electron chi connectivity index (χ1n) is 8.80. The van der Waals surface area contributed by atoms with Gasteiger partial charge in [-0.3, -0.25) is 9.78 Å². The Kier molecular flexibility index (Phi) is 5.53. The number of pyridine rings is 1. The van der Waals surface area contributed by atoms with Gasteiger partial charge in [0.2, 0.25) is 0 Å². The van der Waals surface area contributed by atoms with Crippen LogP contribution >= 0.6 is 0 Å². The second kappa shape index (κ2) is 7.88. The molecule has 1 aromatic carbocycles. The molecule has 0 bridgehead atoms. The summed E-state index contributed by atoms with van der Waals surface area (Å²) < 4.78 is 38.5. The number of aryl methyl sites for hydroxylation is 1. The average molecular weight is 387 g/mol. The highest BCUT2D eigenvalue weighted by Crippen LogP contribution is 2.31. The minimum atomic E-state index is -4.38. The van der Waals surface area contributed by atoms with Crippen LogP contribution in [0.25, 0.3) is 11.3 Å². The predicted molar refractivity (Wildman–Crippen MR) is 103 cm³/mol. The van der Waals surface area contributed by atoms with Crippen molar-refractivity contribution in [1.82, 2.24) is 10.3 Å². The van der Waals surface area contributed by atoms with E-state index in [-0.39, 0.29) is 12.5 Å². The van der Waals surface area contributed by atoms with Crippen molar-refractivity contribution < 1.29 is 18.0 Å². The number of nitrogens with two attached hydrogens (primary N) is 1. The largest absolute Gasteiger partial charge is 0.416 e. The molecule has 2 aromatic rings. The smallest absolute Gasteiger partial charge is 0.398 e. The number of halogens is 3. The third-order valence-electron chi connectivity index (χ3n) is 4.51. The fourth-order valence-corrected chi connectivity index (χ4v) is 3.02.